The Morgan fingerprint density at radius 2 is 2.07 bits per heavy atom. The average Bonchev–Trinajstić information content (AvgIpc) is 3.07. The van der Waals surface area contributed by atoms with Crippen LogP contribution in [0.1, 0.15) is 11.4 Å². The van der Waals surface area contributed by atoms with E-state index >= 15 is 0 Å². The number of nitrogens with one attached hydrogen (secondary N) is 2. The molecule has 0 aliphatic carbocycles. The van der Waals surface area contributed by atoms with Gasteiger partial charge in [0.1, 0.15) is 17.4 Å². The number of rotatable bonds is 8. The van der Waals surface area contributed by atoms with Gasteiger partial charge in [-0.15, -0.1) is 0 Å². The summed E-state index contributed by atoms with van der Waals surface area (Å²) in [5, 5.41) is 2.80. The van der Waals surface area contributed by atoms with Crippen LogP contribution in [-0.2, 0) is 16.0 Å². The molecule has 27 heavy (non-hydrogen) atoms. The lowest BCUT2D eigenvalue weighted by molar-refractivity contribution is -0.116. The van der Waals surface area contributed by atoms with Gasteiger partial charge >= 0.3 is 0 Å². The Hall–Kier alpha value is -3.19. The lowest BCUT2D eigenvalue weighted by Crippen LogP contribution is -2.23. The molecule has 0 radical (unpaired) electrons. The Balaban J connectivity index is 1.46. The molecule has 0 aliphatic rings. The molecule has 7 heteroatoms. The van der Waals surface area contributed by atoms with Crippen molar-refractivity contribution in [2.24, 2.45) is 0 Å². The Bertz CT molecular complexity index is 935. The summed E-state index contributed by atoms with van der Waals surface area (Å²) in [6.45, 7) is 0.618. The molecule has 0 bridgehead atoms. The number of H-pyrrole nitrogens is 1. The van der Waals surface area contributed by atoms with Gasteiger partial charge in [0.25, 0.3) is 0 Å². The lowest BCUT2D eigenvalue weighted by atomic mass is 10.2. The highest BCUT2D eigenvalue weighted by atomic mass is 19.1. The molecular formula is C20H20FN3O3. The van der Waals surface area contributed by atoms with Crippen LogP contribution in [0.3, 0.4) is 0 Å². The molecule has 0 spiro atoms. The Morgan fingerprint density at radius 3 is 2.85 bits per heavy atom. The van der Waals surface area contributed by atoms with Crippen molar-refractivity contribution in [3.8, 4) is 5.75 Å². The molecule has 0 fully saturated rings. The highest BCUT2D eigenvalue weighted by Gasteiger charge is 2.04. The van der Waals surface area contributed by atoms with Crippen LogP contribution in [0.2, 0.25) is 0 Å². The molecule has 1 heterocycles. The van der Waals surface area contributed by atoms with Crippen LogP contribution >= 0.6 is 0 Å². The predicted octanol–water partition coefficient (Wildman–Crippen LogP) is 3.06. The number of hydrogen-bond acceptors (Lipinski definition) is 4. The maximum atomic E-state index is 13.2. The van der Waals surface area contributed by atoms with Gasteiger partial charge in [-0.2, -0.15) is 0 Å². The molecule has 6 nitrogen and oxygen atoms in total. The molecule has 0 saturated heterocycles. The van der Waals surface area contributed by atoms with Crippen LogP contribution in [0.25, 0.3) is 17.1 Å². The summed E-state index contributed by atoms with van der Waals surface area (Å²) in [7, 11) is 1.56. The number of carbonyl (C=O) groups is 1. The summed E-state index contributed by atoms with van der Waals surface area (Å²) >= 11 is 0. The zero-order valence-corrected chi connectivity index (χ0v) is 14.9. The van der Waals surface area contributed by atoms with Gasteiger partial charge in [-0.3, -0.25) is 4.79 Å². The topological polar surface area (TPSA) is 76.2 Å². The zero-order chi connectivity index (χ0) is 19.1. The number of imidazole rings is 1. The van der Waals surface area contributed by atoms with Crippen molar-refractivity contribution >= 4 is 23.0 Å². The number of benzene rings is 2. The number of halogens is 1. The highest BCUT2D eigenvalue weighted by molar-refractivity contribution is 5.91. The molecular weight excluding hydrogens is 349 g/mol. The molecule has 0 aliphatic heterocycles. The molecule has 0 atom stereocenters. The van der Waals surface area contributed by atoms with Crippen molar-refractivity contribution in [2.75, 3.05) is 20.4 Å². The van der Waals surface area contributed by atoms with E-state index < -0.39 is 0 Å². The Kier molecular flexibility index (Phi) is 6.17. The van der Waals surface area contributed by atoms with E-state index in [1.807, 2.05) is 12.1 Å². The summed E-state index contributed by atoms with van der Waals surface area (Å²) in [5.74, 6) is 0.891. The van der Waals surface area contributed by atoms with Gasteiger partial charge in [0, 0.05) is 26.2 Å². The number of amides is 1. The third-order valence-electron chi connectivity index (χ3n) is 3.80. The van der Waals surface area contributed by atoms with E-state index in [0.717, 1.165) is 5.56 Å². The second-order valence-electron chi connectivity index (χ2n) is 5.84. The maximum absolute atomic E-state index is 13.2. The fourth-order valence-corrected chi connectivity index (χ4v) is 2.49. The van der Waals surface area contributed by atoms with E-state index in [1.165, 1.54) is 18.2 Å². The van der Waals surface area contributed by atoms with Crippen LogP contribution in [0.4, 0.5) is 4.39 Å². The van der Waals surface area contributed by atoms with Gasteiger partial charge in [0.05, 0.1) is 11.0 Å². The number of aromatic amines is 1. The van der Waals surface area contributed by atoms with Gasteiger partial charge in [-0.25, -0.2) is 9.37 Å². The molecule has 1 amide bonds. The number of fused-ring (bicyclic) bond motifs is 1. The number of ether oxygens (including phenoxy) is 2. The predicted molar refractivity (Wildman–Crippen MR) is 101 cm³/mol. The first kappa shape index (κ1) is 18.6. The average molecular weight is 369 g/mol. The quantitative estimate of drug-likeness (QED) is 0.473. The molecule has 0 saturated carbocycles. The van der Waals surface area contributed by atoms with Crippen molar-refractivity contribution in [1.82, 2.24) is 15.3 Å². The van der Waals surface area contributed by atoms with Crippen LogP contribution in [-0.4, -0.2) is 36.3 Å². The Morgan fingerprint density at radius 1 is 1.26 bits per heavy atom. The monoisotopic (exact) mass is 369 g/mol. The molecule has 2 N–H and O–H groups in total. The molecule has 140 valence electrons. The molecule has 1 aromatic heterocycles. The first-order valence-electron chi connectivity index (χ1n) is 8.46. The zero-order valence-electron chi connectivity index (χ0n) is 14.9. The van der Waals surface area contributed by atoms with Gasteiger partial charge in [-0.05, 0) is 42.0 Å². The standard InChI is InChI=1S/C20H20FN3O3/c1-26-13-27-16-6-2-14(3-7-16)4-9-20(25)22-11-10-19-23-17-8-5-15(21)12-18(17)24-19/h2-9,12H,10-11,13H2,1H3,(H,22,25)(H,23,24)/b9-4+. The van der Waals surface area contributed by atoms with Crippen LogP contribution in [0.5, 0.6) is 5.75 Å². The van der Waals surface area contributed by atoms with E-state index in [1.54, 1.807) is 31.4 Å². The minimum atomic E-state index is -0.311. The second kappa shape index (κ2) is 8.95. The van der Waals surface area contributed by atoms with Gasteiger partial charge < -0.3 is 19.8 Å². The minimum Gasteiger partial charge on any atom is -0.468 e. The fourth-order valence-electron chi connectivity index (χ4n) is 2.49. The largest absolute Gasteiger partial charge is 0.468 e. The number of nitrogens with zero attached hydrogens (tertiary/aromatic N) is 1. The first-order chi connectivity index (χ1) is 13.1. The number of methoxy groups -OCH3 is 1. The smallest absolute Gasteiger partial charge is 0.244 e. The van der Waals surface area contributed by atoms with Crippen molar-refractivity contribution < 1.29 is 18.7 Å². The molecule has 0 unspecified atom stereocenters. The van der Waals surface area contributed by atoms with Crippen molar-refractivity contribution in [3.05, 3.63) is 65.7 Å². The second-order valence-corrected chi connectivity index (χ2v) is 5.84. The third-order valence-corrected chi connectivity index (χ3v) is 3.80. The van der Waals surface area contributed by atoms with Crippen molar-refractivity contribution in [3.63, 3.8) is 0 Å². The SMILES string of the molecule is COCOc1ccc(/C=C/C(=O)NCCc2nc3ccc(F)cc3[nH]2)cc1. The van der Waals surface area contributed by atoms with E-state index in [-0.39, 0.29) is 18.5 Å². The van der Waals surface area contributed by atoms with E-state index in [0.29, 0.717) is 35.6 Å². The van der Waals surface area contributed by atoms with Gasteiger partial charge in [-0.1, -0.05) is 12.1 Å². The van der Waals surface area contributed by atoms with Gasteiger partial charge in [0.2, 0.25) is 5.91 Å². The van der Waals surface area contributed by atoms with E-state index in [2.05, 4.69) is 15.3 Å². The fraction of sp³-hybridized carbons (Fsp3) is 0.200. The summed E-state index contributed by atoms with van der Waals surface area (Å²) in [6.07, 6.45) is 3.72. The lowest BCUT2D eigenvalue weighted by Gasteiger charge is -2.04. The van der Waals surface area contributed by atoms with E-state index in [4.69, 9.17) is 9.47 Å². The number of hydrogen-bond donors (Lipinski definition) is 2. The summed E-state index contributed by atoms with van der Waals surface area (Å²) in [6, 6.07) is 11.7. The summed E-state index contributed by atoms with van der Waals surface area (Å²) < 4.78 is 23.3. The third kappa shape index (κ3) is 5.39. The summed E-state index contributed by atoms with van der Waals surface area (Å²) in [5.41, 5.74) is 2.24. The minimum absolute atomic E-state index is 0.192. The first-order valence-corrected chi connectivity index (χ1v) is 8.46. The van der Waals surface area contributed by atoms with Crippen LogP contribution < -0.4 is 10.1 Å². The van der Waals surface area contributed by atoms with Crippen LogP contribution in [0, 0.1) is 5.82 Å². The number of aromatic nitrogens is 2. The van der Waals surface area contributed by atoms with Crippen molar-refractivity contribution in [1.29, 1.82) is 0 Å². The molecule has 3 aromatic rings. The van der Waals surface area contributed by atoms with Crippen LogP contribution in [0.15, 0.2) is 48.5 Å². The number of carbonyl (C=O) groups excluding carboxylic acids is 1. The normalized spacial score (nSPS) is 11.2. The molecule has 3 rings (SSSR count). The molecule has 2 aromatic carbocycles. The van der Waals surface area contributed by atoms with E-state index in [9.17, 15) is 9.18 Å². The maximum Gasteiger partial charge on any atom is 0.244 e. The summed E-state index contributed by atoms with van der Waals surface area (Å²) in [4.78, 5) is 19.3. The van der Waals surface area contributed by atoms with Crippen molar-refractivity contribution in [2.45, 2.75) is 6.42 Å². The Labute approximate surface area is 156 Å². The van der Waals surface area contributed by atoms with Gasteiger partial charge in [0.15, 0.2) is 6.79 Å². The highest BCUT2D eigenvalue weighted by Crippen LogP contribution is 2.14.